The van der Waals surface area contributed by atoms with E-state index in [1.807, 2.05) is 0 Å². The van der Waals surface area contributed by atoms with Gasteiger partial charge in [0, 0.05) is 13.0 Å². The van der Waals surface area contributed by atoms with Gasteiger partial charge in [0.1, 0.15) is 12.3 Å². The molecule has 2 N–H and O–H groups in total. The molecule has 0 aliphatic carbocycles. The summed E-state index contributed by atoms with van der Waals surface area (Å²) in [5.41, 5.74) is 0.697. The maximum absolute atomic E-state index is 12.4. The van der Waals surface area contributed by atoms with Gasteiger partial charge in [-0.05, 0) is 24.6 Å². The van der Waals surface area contributed by atoms with E-state index in [2.05, 4.69) is 5.32 Å². The Hall–Kier alpha value is -2.78. The zero-order valence-corrected chi connectivity index (χ0v) is 14.5. The predicted molar refractivity (Wildman–Crippen MR) is 86.9 cm³/mol. The molecule has 0 aromatic heterocycles. The highest BCUT2D eigenvalue weighted by Gasteiger charge is 2.40. The lowest BCUT2D eigenvalue weighted by Gasteiger charge is -2.19. The number of carbonyl (C=O) groups is 3. The largest absolute Gasteiger partial charge is 0.482 e. The minimum atomic E-state index is -4.50. The van der Waals surface area contributed by atoms with Crippen molar-refractivity contribution in [2.75, 3.05) is 19.7 Å². The summed E-state index contributed by atoms with van der Waals surface area (Å²) in [6.07, 6.45) is -4.75. The molecule has 1 aliphatic rings. The summed E-state index contributed by atoms with van der Waals surface area (Å²) < 4.78 is 42.3. The van der Waals surface area contributed by atoms with Crippen LogP contribution in [0.3, 0.4) is 0 Å². The van der Waals surface area contributed by atoms with Gasteiger partial charge in [-0.3, -0.25) is 9.59 Å². The number of carbonyl (C=O) groups excluding carboxylic acids is 2. The van der Waals surface area contributed by atoms with Crippen LogP contribution in [-0.2, 0) is 14.4 Å². The number of ether oxygens (including phenoxy) is 1. The second-order valence-electron chi connectivity index (χ2n) is 6.27. The SMILES string of the molecule is CC(NC(=O)C1CC(=O)N(CC(F)(F)F)C1)c1ccc(OCC(=O)O)cc1. The van der Waals surface area contributed by atoms with Crippen molar-refractivity contribution in [2.45, 2.75) is 25.6 Å². The van der Waals surface area contributed by atoms with E-state index in [0.717, 1.165) is 0 Å². The topological polar surface area (TPSA) is 95.9 Å². The summed E-state index contributed by atoms with van der Waals surface area (Å²) in [5.74, 6) is -2.78. The molecule has 2 amide bonds. The molecule has 2 rings (SSSR count). The van der Waals surface area contributed by atoms with E-state index in [4.69, 9.17) is 9.84 Å². The van der Waals surface area contributed by atoms with Crippen LogP contribution in [0.5, 0.6) is 5.75 Å². The van der Waals surface area contributed by atoms with E-state index in [1.54, 1.807) is 31.2 Å². The number of amides is 2. The second-order valence-corrected chi connectivity index (χ2v) is 6.27. The van der Waals surface area contributed by atoms with Gasteiger partial charge >= 0.3 is 12.1 Å². The molecule has 10 heteroatoms. The smallest absolute Gasteiger partial charge is 0.406 e. The standard InChI is InChI=1S/C17H19F3N2O5/c1-10(11-2-4-13(5-3-11)27-8-15(24)25)21-16(26)12-6-14(23)22(7-12)9-17(18,19)20/h2-5,10,12H,6-9H2,1H3,(H,21,26)(H,24,25). The van der Waals surface area contributed by atoms with Crippen molar-refractivity contribution in [1.29, 1.82) is 0 Å². The van der Waals surface area contributed by atoms with Crippen LogP contribution in [0.15, 0.2) is 24.3 Å². The molecular weight excluding hydrogens is 369 g/mol. The van der Waals surface area contributed by atoms with Crippen molar-refractivity contribution in [3.05, 3.63) is 29.8 Å². The van der Waals surface area contributed by atoms with Gasteiger partial charge in [0.05, 0.1) is 12.0 Å². The predicted octanol–water partition coefficient (Wildman–Crippen LogP) is 1.74. The van der Waals surface area contributed by atoms with E-state index < -0.39 is 49.1 Å². The zero-order chi connectivity index (χ0) is 20.2. The van der Waals surface area contributed by atoms with Crippen molar-refractivity contribution in [3.8, 4) is 5.75 Å². The van der Waals surface area contributed by atoms with Crippen LogP contribution in [0.2, 0.25) is 0 Å². The van der Waals surface area contributed by atoms with Crippen molar-refractivity contribution < 1.29 is 37.4 Å². The first-order chi connectivity index (χ1) is 12.5. The Balaban J connectivity index is 1.90. The quantitative estimate of drug-likeness (QED) is 0.742. The summed E-state index contributed by atoms with van der Waals surface area (Å²) in [4.78, 5) is 35.0. The molecule has 0 saturated carbocycles. The minimum Gasteiger partial charge on any atom is -0.482 e. The van der Waals surface area contributed by atoms with Gasteiger partial charge in [0.2, 0.25) is 11.8 Å². The molecule has 2 atom stereocenters. The normalized spacial score (nSPS) is 18.3. The van der Waals surface area contributed by atoms with Crippen LogP contribution in [0.25, 0.3) is 0 Å². The highest BCUT2D eigenvalue weighted by molar-refractivity contribution is 5.89. The van der Waals surface area contributed by atoms with Gasteiger partial charge in [-0.1, -0.05) is 12.1 Å². The van der Waals surface area contributed by atoms with Crippen LogP contribution < -0.4 is 10.1 Å². The number of halogens is 3. The fourth-order valence-electron chi connectivity index (χ4n) is 2.73. The molecule has 0 spiro atoms. The monoisotopic (exact) mass is 388 g/mol. The number of nitrogens with one attached hydrogen (secondary N) is 1. The lowest BCUT2D eigenvalue weighted by molar-refractivity contribution is -0.157. The van der Waals surface area contributed by atoms with Crippen LogP contribution >= 0.6 is 0 Å². The third-order valence-electron chi connectivity index (χ3n) is 4.06. The molecule has 0 radical (unpaired) electrons. The number of carboxylic acid groups (broad SMARTS) is 1. The Morgan fingerprint density at radius 3 is 2.52 bits per heavy atom. The third-order valence-corrected chi connectivity index (χ3v) is 4.06. The number of hydrogen-bond acceptors (Lipinski definition) is 4. The number of aliphatic carboxylic acids is 1. The Morgan fingerprint density at radius 1 is 1.33 bits per heavy atom. The van der Waals surface area contributed by atoms with Gasteiger partial charge in [-0.25, -0.2) is 4.79 Å². The molecule has 1 aromatic carbocycles. The van der Waals surface area contributed by atoms with Crippen molar-refractivity contribution in [2.24, 2.45) is 5.92 Å². The van der Waals surface area contributed by atoms with Crippen molar-refractivity contribution >= 4 is 17.8 Å². The van der Waals surface area contributed by atoms with Gasteiger partial charge < -0.3 is 20.1 Å². The highest BCUT2D eigenvalue weighted by Crippen LogP contribution is 2.25. The summed E-state index contributed by atoms with van der Waals surface area (Å²) in [6, 6.07) is 5.92. The number of benzene rings is 1. The minimum absolute atomic E-state index is 0.253. The molecule has 7 nitrogen and oxygen atoms in total. The van der Waals surface area contributed by atoms with E-state index >= 15 is 0 Å². The zero-order valence-electron chi connectivity index (χ0n) is 14.5. The van der Waals surface area contributed by atoms with Crippen LogP contribution in [0, 0.1) is 5.92 Å². The Bertz CT molecular complexity index is 706. The molecule has 1 aliphatic heterocycles. The first kappa shape index (κ1) is 20.5. The van der Waals surface area contributed by atoms with E-state index in [1.165, 1.54) is 0 Å². The fourth-order valence-corrected chi connectivity index (χ4v) is 2.73. The summed E-state index contributed by atoms with van der Waals surface area (Å²) in [5, 5.41) is 11.2. The Kier molecular flexibility index (Phi) is 6.29. The van der Waals surface area contributed by atoms with Gasteiger partial charge in [0.25, 0.3) is 0 Å². The molecule has 1 fully saturated rings. The van der Waals surface area contributed by atoms with E-state index in [-0.39, 0.29) is 13.0 Å². The average molecular weight is 388 g/mol. The van der Waals surface area contributed by atoms with Gasteiger partial charge in [0.15, 0.2) is 6.61 Å². The molecular formula is C17H19F3N2O5. The molecule has 1 heterocycles. The summed E-state index contributed by atoms with van der Waals surface area (Å²) in [7, 11) is 0. The number of alkyl halides is 3. The number of nitrogens with zero attached hydrogens (tertiary/aromatic N) is 1. The van der Waals surface area contributed by atoms with Crippen LogP contribution in [0.1, 0.15) is 24.9 Å². The first-order valence-corrected chi connectivity index (χ1v) is 8.14. The molecule has 1 aromatic rings. The molecule has 0 bridgehead atoms. The second kappa shape index (κ2) is 8.28. The number of hydrogen-bond donors (Lipinski definition) is 2. The first-order valence-electron chi connectivity index (χ1n) is 8.14. The average Bonchev–Trinajstić information content (AvgIpc) is 2.92. The maximum atomic E-state index is 12.4. The van der Waals surface area contributed by atoms with Crippen LogP contribution in [-0.4, -0.2) is 53.7 Å². The van der Waals surface area contributed by atoms with E-state index in [9.17, 15) is 27.6 Å². The van der Waals surface area contributed by atoms with Crippen LogP contribution in [0.4, 0.5) is 13.2 Å². The lowest BCUT2D eigenvalue weighted by atomic mass is 10.0. The third kappa shape index (κ3) is 6.15. The number of rotatable bonds is 7. The molecule has 148 valence electrons. The summed E-state index contributed by atoms with van der Waals surface area (Å²) >= 11 is 0. The number of carboxylic acids is 1. The lowest BCUT2D eigenvalue weighted by Crippen LogP contribution is -2.37. The molecule has 1 saturated heterocycles. The highest BCUT2D eigenvalue weighted by atomic mass is 19.4. The number of likely N-dealkylation sites (tertiary alicyclic amines) is 1. The summed E-state index contributed by atoms with van der Waals surface area (Å²) in [6.45, 7) is -0.410. The van der Waals surface area contributed by atoms with Gasteiger partial charge in [-0.15, -0.1) is 0 Å². The van der Waals surface area contributed by atoms with Gasteiger partial charge in [-0.2, -0.15) is 13.2 Å². The maximum Gasteiger partial charge on any atom is 0.406 e. The fraction of sp³-hybridized carbons (Fsp3) is 0.471. The molecule has 2 unspecified atom stereocenters. The van der Waals surface area contributed by atoms with Crippen molar-refractivity contribution in [1.82, 2.24) is 10.2 Å². The Morgan fingerprint density at radius 2 is 1.96 bits per heavy atom. The Labute approximate surface area is 153 Å². The van der Waals surface area contributed by atoms with E-state index in [0.29, 0.717) is 16.2 Å². The van der Waals surface area contributed by atoms with Crippen molar-refractivity contribution in [3.63, 3.8) is 0 Å². The molecule has 27 heavy (non-hydrogen) atoms.